The van der Waals surface area contributed by atoms with E-state index >= 15 is 0 Å². The summed E-state index contributed by atoms with van der Waals surface area (Å²) in [5, 5.41) is 2.25. The summed E-state index contributed by atoms with van der Waals surface area (Å²) in [5.41, 5.74) is 2.21. The highest BCUT2D eigenvalue weighted by Crippen LogP contribution is 2.39. The second kappa shape index (κ2) is 6.70. The van der Waals surface area contributed by atoms with E-state index in [-0.39, 0.29) is 0 Å². The fraction of sp³-hybridized carbons (Fsp3) is 0.0435. The van der Waals surface area contributed by atoms with Gasteiger partial charge in [0.2, 0.25) is 0 Å². The molecule has 4 aromatic carbocycles. The molecule has 122 valence electrons. The lowest BCUT2D eigenvalue weighted by molar-refractivity contribution is 0.413. The summed E-state index contributed by atoms with van der Waals surface area (Å²) in [7, 11) is 1.66. The molecule has 2 nitrogen and oxygen atoms in total. The zero-order chi connectivity index (χ0) is 17.1. The average molecular weight is 326 g/mol. The van der Waals surface area contributed by atoms with Crippen LogP contribution in [-0.4, -0.2) is 7.11 Å². The number of hydrogen-bond acceptors (Lipinski definition) is 2. The van der Waals surface area contributed by atoms with Gasteiger partial charge in [-0.25, -0.2) is 0 Å². The van der Waals surface area contributed by atoms with Gasteiger partial charge in [-0.2, -0.15) is 0 Å². The van der Waals surface area contributed by atoms with Gasteiger partial charge in [-0.15, -0.1) is 0 Å². The van der Waals surface area contributed by atoms with E-state index in [1.165, 1.54) is 0 Å². The van der Waals surface area contributed by atoms with Crippen molar-refractivity contribution in [3.05, 3.63) is 91.0 Å². The number of benzene rings is 4. The SMILES string of the molecule is COc1ccc(Oc2c(-c3ccccc3)ccc3ccccc23)cc1. The third kappa shape index (κ3) is 3.07. The maximum atomic E-state index is 6.32. The third-order valence-corrected chi connectivity index (χ3v) is 4.24. The van der Waals surface area contributed by atoms with E-state index in [1.807, 2.05) is 54.6 Å². The van der Waals surface area contributed by atoms with Crippen LogP contribution in [0.2, 0.25) is 0 Å². The Balaban J connectivity index is 1.86. The molecular formula is C23H18O2. The van der Waals surface area contributed by atoms with Gasteiger partial charge in [0.05, 0.1) is 7.11 Å². The third-order valence-electron chi connectivity index (χ3n) is 4.24. The van der Waals surface area contributed by atoms with Gasteiger partial charge in [-0.05, 0) is 41.3 Å². The fourth-order valence-corrected chi connectivity index (χ4v) is 2.96. The van der Waals surface area contributed by atoms with E-state index < -0.39 is 0 Å². The van der Waals surface area contributed by atoms with Gasteiger partial charge in [0.15, 0.2) is 0 Å². The van der Waals surface area contributed by atoms with E-state index in [1.54, 1.807) is 7.11 Å². The van der Waals surface area contributed by atoms with Crippen molar-refractivity contribution in [1.29, 1.82) is 0 Å². The van der Waals surface area contributed by atoms with Crippen LogP contribution in [0.3, 0.4) is 0 Å². The first-order valence-corrected chi connectivity index (χ1v) is 8.24. The highest BCUT2D eigenvalue weighted by Gasteiger charge is 2.12. The van der Waals surface area contributed by atoms with E-state index in [0.29, 0.717) is 0 Å². The van der Waals surface area contributed by atoms with E-state index in [2.05, 4.69) is 36.4 Å². The predicted octanol–water partition coefficient (Wildman–Crippen LogP) is 6.31. The van der Waals surface area contributed by atoms with Crippen molar-refractivity contribution in [3.8, 4) is 28.4 Å². The molecular weight excluding hydrogens is 308 g/mol. The van der Waals surface area contributed by atoms with Crippen LogP contribution in [0.25, 0.3) is 21.9 Å². The first kappa shape index (κ1) is 15.3. The Morgan fingerprint density at radius 1 is 0.600 bits per heavy atom. The molecule has 0 saturated heterocycles. The average Bonchev–Trinajstić information content (AvgIpc) is 2.69. The molecule has 0 aliphatic carbocycles. The van der Waals surface area contributed by atoms with Crippen molar-refractivity contribution in [2.24, 2.45) is 0 Å². The zero-order valence-electron chi connectivity index (χ0n) is 14.0. The van der Waals surface area contributed by atoms with Crippen molar-refractivity contribution in [2.45, 2.75) is 0 Å². The monoisotopic (exact) mass is 326 g/mol. The molecule has 4 rings (SSSR count). The molecule has 0 radical (unpaired) electrons. The molecule has 0 atom stereocenters. The molecule has 0 unspecified atom stereocenters. The summed E-state index contributed by atoms with van der Waals surface area (Å²) >= 11 is 0. The molecule has 0 N–H and O–H groups in total. The molecule has 0 saturated carbocycles. The molecule has 25 heavy (non-hydrogen) atoms. The van der Waals surface area contributed by atoms with Crippen molar-refractivity contribution < 1.29 is 9.47 Å². The molecule has 0 heterocycles. The minimum Gasteiger partial charge on any atom is -0.497 e. The standard InChI is InChI=1S/C23H18O2/c1-24-19-12-14-20(15-13-19)25-23-21-10-6-5-9-18(21)11-16-22(23)17-7-3-2-4-8-17/h2-16H,1H3. The number of fused-ring (bicyclic) bond motifs is 1. The molecule has 0 aliphatic heterocycles. The Morgan fingerprint density at radius 3 is 2.04 bits per heavy atom. The topological polar surface area (TPSA) is 18.5 Å². The normalized spacial score (nSPS) is 10.6. The number of methoxy groups -OCH3 is 1. The number of rotatable bonds is 4. The zero-order valence-corrected chi connectivity index (χ0v) is 14.0. The Hall–Kier alpha value is -3.26. The summed E-state index contributed by atoms with van der Waals surface area (Å²) in [6.45, 7) is 0. The molecule has 4 aromatic rings. The fourth-order valence-electron chi connectivity index (χ4n) is 2.96. The van der Waals surface area contributed by atoms with Crippen molar-refractivity contribution in [3.63, 3.8) is 0 Å². The van der Waals surface area contributed by atoms with Gasteiger partial charge in [-0.3, -0.25) is 0 Å². The largest absolute Gasteiger partial charge is 0.497 e. The smallest absolute Gasteiger partial charge is 0.143 e. The lowest BCUT2D eigenvalue weighted by Crippen LogP contribution is -1.91. The lowest BCUT2D eigenvalue weighted by atomic mass is 9.99. The van der Waals surface area contributed by atoms with Gasteiger partial charge in [0.1, 0.15) is 17.2 Å². The predicted molar refractivity (Wildman–Crippen MR) is 102 cm³/mol. The van der Waals surface area contributed by atoms with Crippen LogP contribution in [0.15, 0.2) is 91.0 Å². The minimum absolute atomic E-state index is 0.786. The van der Waals surface area contributed by atoms with Crippen LogP contribution < -0.4 is 9.47 Å². The Bertz CT molecular complexity index is 989. The maximum Gasteiger partial charge on any atom is 0.143 e. The van der Waals surface area contributed by atoms with Crippen LogP contribution in [-0.2, 0) is 0 Å². The highest BCUT2D eigenvalue weighted by atomic mass is 16.5. The summed E-state index contributed by atoms with van der Waals surface area (Å²) in [5.74, 6) is 2.47. The Labute approximate surface area is 147 Å². The van der Waals surface area contributed by atoms with Gasteiger partial charge < -0.3 is 9.47 Å². The second-order valence-electron chi connectivity index (χ2n) is 5.81. The molecule has 2 heteroatoms. The lowest BCUT2D eigenvalue weighted by Gasteiger charge is -2.15. The minimum atomic E-state index is 0.786. The second-order valence-corrected chi connectivity index (χ2v) is 5.81. The van der Waals surface area contributed by atoms with Gasteiger partial charge in [0.25, 0.3) is 0 Å². The van der Waals surface area contributed by atoms with Crippen molar-refractivity contribution in [1.82, 2.24) is 0 Å². The Morgan fingerprint density at radius 2 is 1.28 bits per heavy atom. The van der Waals surface area contributed by atoms with E-state index in [0.717, 1.165) is 39.1 Å². The van der Waals surface area contributed by atoms with Crippen LogP contribution in [0.5, 0.6) is 17.2 Å². The summed E-state index contributed by atoms with van der Waals surface area (Å²) in [4.78, 5) is 0. The maximum absolute atomic E-state index is 6.32. The van der Waals surface area contributed by atoms with Crippen LogP contribution >= 0.6 is 0 Å². The highest BCUT2D eigenvalue weighted by molar-refractivity contribution is 5.95. The van der Waals surface area contributed by atoms with Crippen LogP contribution in [0.4, 0.5) is 0 Å². The van der Waals surface area contributed by atoms with Crippen molar-refractivity contribution >= 4 is 10.8 Å². The molecule has 0 fully saturated rings. The molecule has 0 spiro atoms. The quantitative estimate of drug-likeness (QED) is 0.437. The van der Waals surface area contributed by atoms with Gasteiger partial charge in [0, 0.05) is 10.9 Å². The molecule has 0 bridgehead atoms. The Kier molecular flexibility index (Phi) is 4.09. The molecule has 0 aliphatic rings. The summed E-state index contributed by atoms with van der Waals surface area (Å²) in [6, 6.07) is 30.5. The molecule has 0 aromatic heterocycles. The van der Waals surface area contributed by atoms with Gasteiger partial charge >= 0.3 is 0 Å². The van der Waals surface area contributed by atoms with Gasteiger partial charge in [-0.1, -0.05) is 60.7 Å². The first-order valence-electron chi connectivity index (χ1n) is 8.24. The summed E-state index contributed by atoms with van der Waals surface area (Å²) < 4.78 is 11.5. The van der Waals surface area contributed by atoms with Crippen molar-refractivity contribution in [2.75, 3.05) is 7.11 Å². The van der Waals surface area contributed by atoms with E-state index in [4.69, 9.17) is 9.47 Å². The molecule has 0 amide bonds. The van der Waals surface area contributed by atoms with Crippen LogP contribution in [0, 0.1) is 0 Å². The van der Waals surface area contributed by atoms with Crippen LogP contribution in [0.1, 0.15) is 0 Å². The first-order chi connectivity index (χ1) is 12.3. The number of ether oxygens (including phenoxy) is 2. The van der Waals surface area contributed by atoms with E-state index in [9.17, 15) is 0 Å². The summed E-state index contributed by atoms with van der Waals surface area (Å²) in [6.07, 6.45) is 0. The number of hydrogen-bond donors (Lipinski definition) is 0.